The summed E-state index contributed by atoms with van der Waals surface area (Å²) in [6, 6.07) is 12.0. The average Bonchev–Trinajstić information content (AvgIpc) is 2.39. The molecule has 2 rings (SSSR count). The molecule has 0 heterocycles. The van der Waals surface area contributed by atoms with Crippen LogP contribution in [0.2, 0.25) is 0 Å². The minimum absolute atomic E-state index is 0. The second kappa shape index (κ2) is 5.69. The summed E-state index contributed by atoms with van der Waals surface area (Å²) in [5.41, 5.74) is 1.58. The number of nitro groups is 2. The molecule has 0 amide bonds. The summed E-state index contributed by atoms with van der Waals surface area (Å²) in [6.45, 7) is 0. The molecule has 7 heteroatoms. The van der Waals surface area contributed by atoms with Crippen LogP contribution in [-0.2, 0) is 0 Å². The molecule has 0 saturated heterocycles. The van der Waals surface area contributed by atoms with Crippen LogP contribution in [0.25, 0.3) is 11.1 Å². The van der Waals surface area contributed by atoms with Crippen molar-refractivity contribution < 1.29 is 9.85 Å². The third-order valence-electron chi connectivity index (χ3n) is 2.49. The molecule has 0 aliphatic carbocycles. The van der Waals surface area contributed by atoms with E-state index in [4.69, 9.17) is 0 Å². The molecule has 2 aromatic rings. The van der Waals surface area contributed by atoms with Crippen LogP contribution in [0.1, 0.15) is 0 Å². The molecule has 0 radical (unpaired) electrons. The zero-order valence-corrected chi connectivity index (χ0v) is 9.85. The number of benzene rings is 2. The predicted octanol–water partition coefficient (Wildman–Crippen LogP) is 3.33. The molecular weight excluding hydrogens is 250 g/mol. The second-order valence-corrected chi connectivity index (χ2v) is 3.61. The Morgan fingerprint density at radius 3 is 1.11 bits per heavy atom. The number of nitrogens with zero attached hydrogens (tertiary/aromatic N) is 2. The van der Waals surface area contributed by atoms with Crippen molar-refractivity contribution in [3.63, 3.8) is 0 Å². The van der Waals surface area contributed by atoms with E-state index in [9.17, 15) is 20.2 Å². The van der Waals surface area contributed by atoms with Gasteiger partial charge >= 0.3 is 0 Å². The standard InChI is InChI=1S/C12H8N2O4.H3N/c15-13(16)11-5-1-9(2-6-11)10-3-7-12(8-4-10)14(17)18;/h1-8H;1H3. The topological polar surface area (TPSA) is 121 Å². The first-order chi connectivity index (χ1) is 8.58. The van der Waals surface area contributed by atoms with Gasteiger partial charge in [0.05, 0.1) is 9.85 Å². The highest BCUT2D eigenvalue weighted by Crippen LogP contribution is 2.24. The van der Waals surface area contributed by atoms with Crippen LogP contribution in [-0.4, -0.2) is 9.85 Å². The van der Waals surface area contributed by atoms with Gasteiger partial charge in [0, 0.05) is 24.3 Å². The fourth-order valence-electron chi connectivity index (χ4n) is 1.55. The van der Waals surface area contributed by atoms with Gasteiger partial charge in [-0.1, -0.05) is 0 Å². The fraction of sp³-hybridized carbons (Fsp3) is 0. The van der Waals surface area contributed by atoms with Crippen LogP contribution < -0.4 is 6.15 Å². The first kappa shape index (κ1) is 14.3. The lowest BCUT2D eigenvalue weighted by Crippen LogP contribution is -1.88. The molecule has 0 spiro atoms. The Kier molecular flexibility index (Phi) is 4.27. The Bertz CT molecular complexity index is 538. The quantitative estimate of drug-likeness (QED) is 0.670. The van der Waals surface area contributed by atoms with Crippen molar-refractivity contribution >= 4 is 11.4 Å². The van der Waals surface area contributed by atoms with E-state index in [-0.39, 0.29) is 17.5 Å². The summed E-state index contributed by atoms with van der Waals surface area (Å²) in [5, 5.41) is 21.0. The smallest absolute Gasteiger partial charge is 0.269 e. The number of nitro benzene ring substituents is 2. The Morgan fingerprint density at radius 2 is 0.895 bits per heavy atom. The number of rotatable bonds is 3. The van der Waals surface area contributed by atoms with Crippen LogP contribution in [0.5, 0.6) is 0 Å². The summed E-state index contributed by atoms with van der Waals surface area (Å²) < 4.78 is 0. The van der Waals surface area contributed by atoms with Crippen LogP contribution in [0.3, 0.4) is 0 Å². The first-order valence-corrected chi connectivity index (χ1v) is 5.07. The number of hydrogen-bond donors (Lipinski definition) is 1. The fourth-order valence-corrected chi connectivity index (χ4v) is 1.55. The van der Waals surface area contributed by atoms with Crippen LogP contribution in [0, 0.1) is 20.2 Å². The molecule has 0 unspecified atom stereocenters. The molecule has 7 nitrogen and oxygen atoms in total. The maximum Gasteiger partial charge on any atom is 0.269 e. The molecule has 3 N–H and O–H groups in total. The third-order valence-corrected chi connectivity index (χ3v) is 2.49. The summed E-state index contributed by atoms with van der Waals surface area (Å²) in [4.78, 5) is 20.1. The second-order valence-electron chi connectivity index (χ2n) is 3.61. The molecule has 0 aromatic heterocycles. The molecule has 0 aliphatic heterocycles. The van der Waals surface area contributed by atoms with Gasteiger partial charge in [-0.25, -0.2) is 0 Å². The molecular formula is C12H11N3O4. The highest BCUT2D eigenvalue weighted by Gasteiger charge is 2.07. The van der Waals surface area contributed by atoms with Crippen molar-refractivity contribution in [1.82, 2.24) is 6.15 Å². The van der Waals surface area contributed by atoms with Gasteiger partial charge in [0.25, 0.3) is 11.4 Å². The molecule has 0 saturated carbocycles. The van der Waals surface area contributed by atoms with Gasteiger partial charge in [0.2, 0.25) is 0 Å². The third kappa shape index (κ3) is 3.11. The van der Waals surface area contributed by atoms with Crippen molar-refractivity contribution in [2.24, 2.45) is 0 Å². The molecule has 2 aromatic carbocycles. The lowest BCUT2D eigenvalue weighted by atomic mass is 10.1. The van der Waals surface area contributed by atoms with E-state index >= 15 is 0 Å². The summed E-state index contributed by atoms with van der Waals surface area (Å²) in [7, 11) is 0. The maximum absolute atomic E-state index is 10.5. The van der Waals surface area contributed by atoms with Crippen molar-refractivity contribution in [3.05, 3.63) is 68.8 Å². The largest absolute Gasteiger partial charge is 0.344 e. The Morgan fingerprint density at radius 1 is 0.632 bits per heavy atom. The summed E-state index contributed by atoms with van der Waals surface area (Å²) >= 11 is 0. The first-order valence-electron chi connectivity index (χ1n) is 5.07. The molecule has 19 heavy (non-hydrogen) atoms. The Labute approximate surface area is 108 Å². The van der Waals surface area contributed by atoms with Crippen molar-refractivity contribution in [2.75, 3.05) is 0 Å². The monoisotopic (exact) mass is 261 g/mol. The zero-order chi connectivity index (χ0) is 13.1. The minimum Gasteiger partial charge on any atom is -0.344 e. The van der Waals surface area contributed by atoms with E-state index in [1.54, 1.807) is 24.3 Å². The normalized spacial score (nSPS) is 9.47. The van der Waals surface area contributed by atoms with E-state index in [0.717, 1.165) is 11.1 Å². The van der Waals surface area contributed by atoms with Crippen molar-refractivity contribution in [1.29, 1.82) is 0 Å². The molecule has 0 atom stereocenters. The van der Waals surface area contributed by atoms with Gasteiger partial charge in [-0.2, -0.15) is 0 Å². The Hall–Kier alpha value is -2.80. The van der Waals surface area contributed by atoms with Gasteiger partial charge in [-0.3, -0.25) is 20.2 Å². The Balaban J connectivity index is 0.00000180. The molecule has 98 valence electrons. The van der Waals surface area contributed by atoms with Gasteiger partial charge in [0.1, 0.15) is 0 Å². The van der Waals surface area contributed by atoms with E-state index in [1.165, 1.54) is 24.3 Å². The average molecular weight is 261 g/mol. The summed E-state index contributed by atoms with van der Waals surface area (Å²) in [5.74, 6) is 0. The van der Waals surface area contributed by atoms with Crippen LogP contribution >= 0.6 is 0 Å². The van der Waals surface area contributed by atoms with E-state index < -0.39 is 9.85 Å². The van der Waals surface area contributed by atoms with E-state index in [1.807, 2.05) is 0 Å². The minimum atomic E-state index is -0.473. The van der Waals surface area contributed by atoms with E-state index in [2.05, 4.69) is 0 Å². The van der Waals surface area contributed by atoms with Gasteiger partial charge in [-0.15, -0.1) is 0 Å². The molecule has 0 bridgehead atoms. The lowest BCUT2D eigenvalue weighted by Gasteiger charge is -2.00. The van der Waals surface area contributed by atoms with Crippen molar-refractivity contribution in [2.45, 2.75) is 0 Å². The zero-order valence-electron chi connectivity index (χ0n) is 9.85. The van der Waals surface area contributed by atoms with Crippen LogP contribution in [0.4, 0.5) is 11.4 Å². The highest BCUT2D eigenvalue weighted by atomic mass is 16.6. The van der Waals surface area contributed by atoms with Gasteiger partial charge in [-0.05, 0) is 35.4 Å². The number of non-ortho nitro benzene ring substituents is 2. The highest BCUT2D eigenvalue weighted by molar-refractivity contribution is 5.65. The SMILES string of the molecule is N.O=[N+]([O-])c1ccc(-c2ccc([N+](=O)[O-])cc2)cc1. The van der Waals surface area contributed by atoms with E-state index in [0.29, 0.717) is 0 Å². The summed E-state index contributed by atoms with van der Waals surface area (Å²) in [6.07, 6.45) is 0. The lowest BCUT2D eigenvalue weighted by molar-refractivity contribution is -0.385. The van der Waals surface area contributed by atoms with Gasteiger partial charge < -0.3 is 6.15 Å². The predicted molar refractivity (Wildman–Crippen MR) is 70.2 cm³/mol. The van der Waals surface area contributed by atoms with Crippen molar-refractivity contribution in [3.8, 4) is 11.1 Å². The van der Waals surface area contributed by atoms with Gasteiger partial charge in [0.15, 0.2) is 0 Å². The molecule has 0 aliphatic rings. The van der Waals surface area contributed by atoms with Crippen LogP contribution in [0.15, 0.2) is 48.5 Å². The molecule has 0 fully saturated rings. The number of hydrogen-bond acceptors (Lipinski definition) is 5. The maximum atomic E-state index is 10.5.